The molecule has 0 aliphatic rings. The number of carbonyl (C=O) groups excluding carboxylic acids is 1. The topological polar surface area (TPSA) is 47.8 Å². The monoisotopic (exact) mass is 229 g/mol. The number of nitrogens with zero attached hydrogens (tertiary/aromatic N) is 3. The first-order valence-corrected chi connectivity index (χ1v) is 5.51. The average Bonchev–Trinajstić information content (AvgIpc) is 2.57. The Labute approximate surface area is 100 Å². The lowest BCUT2D eigenvalue weighted by molar-refractivity contribution is 0.101. The van der Waals surface area contributed by atoms with Gasteiger partial charge in [0.1, 0.15) is 0 Å². The van der Waals surface area contributed by atoms with Crippen molar-refractivity contribution in [2.45, 2.75) is 27.7 Å². The van der Waals surface area contributed by atoms with Crippen LogP contribution in [0.3, 0.4) is 0 Å². The minimum Gasteiger partial charge on any atom is -0.295 e. The van der Waals surface area contributed by atoms with Crippen LogP contribution in [0.5, 0.6) is 0 Å². The van der Waals surface area contributed by atoms with E-state index >= 15 is 0 Å². The van der Waals surface area contributed by atoms with E-state index in [-0.39, 0.29) is 5.78 Å². The second-order valence-electron chi connectivity index (χ2n) is 4.17. The van der Waals surface area contributed by atoms with Gasteiger partial charge >= 0.3 is 0 Å². The summed E-state index contributed by atoms with van der Waals surface area (Å²) < 4.78 is 1.77. The normalized spacial score (nSPS) is 10.6. The minimum absolute atomic E-state index is 0.0342. The number of pyridine rings is 1. The van der Waals surface area contributed by atoms with Gasteiger partial charge in [0.2, 0.25) is 0 Å². The van der Waals surface area contributed by atoms with Gasteiger partial charge in [0.25, 0.3) is 0 Å². The lowest BCUT2D eigenvalue weighted by Gasteiger charge is -2.04. The fourth-order valence-electron chi connectivity index (χ4n) is 1.70. The smallest absolute Gasteiger partial charge is 0.159 e. The molecule has 2 aromatic heterocycles. The molecule has 0 saturated heterocycles. The van der Waals surface area contributed by atoms with E-state index in [1.54, 1.807) is 29.9 Å². The van der Waals surface area contributed by atoms with Gasteiger partial charge in [-0.15, -0.1) is 0 Å². The van der Waals surface area contributed by atoms with Crippen LogP contribution in [0.25, 0.3) is 5.82 Å². The molecule has 4 nitrogen and oxygen atoms in total. The first-order valence-electron chi connectivity index (χ1n) is 5.51. The van der Waals surface area contributed by atoms with Crippen LogP contribution >= 0.6 is 0 Å². The van der Waals surface area contributed by atoms with Crippen molar-refractivity contribution in [2.24, 2.45) is 0 Å². The summed E-state index contributed by atoms with van der Waals surface area (Å²) in [6.45, 7) is 7.54. The minimum atomic E-state index is 0.0342. The molecule has 17 heavy (non-hydrogen) atoms. The van der Waals surface area contributed by atoms with E-state index in [1.165, 1.54) is 0 Å². The van der Waals surface area contributed by atoms with E-state index in [0.717, 1.165) is 17.0 Å². The van der Waals surface area contributed by atoms with Crippen LogP contribution in [0.15, 0.2) is 18.3 Å². The standard InChI is InChI=1S/C13H15N3O/c1-8-9(2)15-16(10(8)3)13-7-12(11(4)17)5-6-14-13/h5-7H,1-4H3. The average molecular weight is 229 g/mol. The second-order valence-corrected chi connectivity index (χ2v) is 4.17. The van der Waals surface area contributed by atoms with Gasteiger partial charge in [-0.25, -0.2) is 9.67 Å². The Morgan fingerprint density at radius 3 is 2.53 bits per heavy atom. The highest BCUT2D eigenvalue weighted by Crippen LogP contribution is 2.16. The Hall–Kier alpha value is -1.97. The maximum absolute atomic E-state index is 11.3. The van der Waals surface area contributed by atoms with Crippen molar-refractivity contribution in [3.63, 3.8) is 0 Å². The largest absolute Gasteiger partial charge is 0.295 e. The molecule has 2 heterocycles. The highest BCUT2D eigenvalue weighted by atomic mass is 16.1. The Kier molecular flexibility index (Phi) is 2.79. The van der Waals surface area contributed by atoms with Gasteiger partial charge in [-0.3, -0.25) is 4.79 Å². The molecule has 0 bridgehead atoms. The molecule has 0 aliphatic heterocycles. The molecule has 88 valence electrons. The van der Waals surface area contributed by atoms with Crippen LogP contribution in [0.2, 0.25) is 0 Å². The molecule has 0 unspecified atom stereocenters. The van der Waals surface area contributed by atoms with Gasteiger partial charge in [0, 0.05) is 17.5 Å². The van der Waals surface area contributed by atoms with Crippen LogP contribution in [0.1, 0.15) is 34.2 Å². The predicted octanol–water partition coefficient (Wildman–Crippen LogP) is 2.40. The summed E-state index contributed by atoms with van der Waals surface area (Å²) in [6.07, 6.45) is 1.64. The number of Topliss-reactive ketones (excluding diaryl/α,β-unsaturated/α-hetero) is 1. The van der Waals surface area contributed by atoms with Gasteiger partial charge in [0.05, 0.1) is 5.69 Å². The zero-order valence-corrected chi connectivity index (χ0v) is 10.5. The molecule has 0 spiro atoms. The molecule has 4 heteroatoms. The Bertz CT molecular complexity index is 584. The van der Waals surface area contributed by atoms with Gasteiger partial charge in [-0.1, -0.05) is 0 Å². The molecule has 2 aromatic rings. The van der Waals surface area contributed by atoms with Crippen LogP contribution in [0.4, 0.5) is 0 Å². The second kappa shape index (κ2) is 4.13. The van der Waals surface area contributed by atoms with E-state index in [1.807, 2.05) is 20.8 Å². The Balaban J connectivity index is 2.56. The van der Waals surface area contributed by atoms with E-state index in [4.69, 9.17) is 0 Å². The van der Waals surface area contributed by atoms with Crippen molar-refractivity contribution in [1.82, 2.24) is 14.8 Å². The summed E-state index contributed by atoms with van der Waals surface area (Å²) >= 11 is 0. The number of ketones is 1. The van der Waals surface area contributed by atoms with Gasteiger partial charge in [0.15, 0.2) is 11.6 Å². The van der Waals surface area contributed by atoms with E-state index in [0.29, 0.717) is 11.4 Å². The highest BCUT2D eigenvalue weighted by molar-refractivity contribution is 5.94. The summed E-state index contributed by atoms with van der Waals surface area (Å²) in [6, 6.07) is 3.48. The number of aryl methyl sites for hydroxylation is 1. The maximum atomic E-state index is 11.3. The summed E-state index contributed by atoms with van der Waals surface area (Å²) in [7, 11) is 0. The van der Waals surface area contributed by atoms with Crippen molar-refractivity contribution >= 4 is 5.78 Å². The molecule has 0 fully saturated rings. The molecular formula is C13H15N3O. The number of hydrogen-bond donors (Lipinski definition) is 0. The lowest BCUT2D eigenvalue weighted by atomic mass is 10.2. The van der Waals surface area contributed by atoms with Gasteiger partial charge in [-0.2, -0.15) is 5.10 Å². The summed E-state index contributed by atoms with van der Waals surface area (Å²) in [4.78, 5) is 15.6. The number of carbonyl (C=O) groups is 1. The molecule has 0 atom stereocenters. The van der Waals surface area contributed by atoms with Crippen molar-refractivity contribution in [3.05, 3.63) is 40.8 Å². The molecule has 0 amide bonds. The fourth-order valence-corrected chi connectivity index (χ4v) is 1.70. The summed E-state index contributed by atoms with van der Waals surface area (Å²) in [5.41, 5.74) is 3.84. The quantitative estimate of drug-likeness (QED) is 0.743. The van der Waals surface area contributed by atoms with E-state index < -0.39 is 0 Å². The first-order chi connectivity index (χ1) is 8.00. The fraction of sp³-hybridized carbons (Fsp3) is 0.308. The first kappa shape index (κ1) is 11.5. The van der Waals surface area contributed by atoms with Crippen molar-refractivity contribution < 1.29 is 4.79 Å². The number of rotatable bonds is 2. The Morgan fingerprint density at radius 1 is 1.29 bits per heavy atom. The Morgan fingerprint density at radius 2 is 2.00 bits per heavy atom. The van der Waals surface area contributed by atoms with E-state index in [9.17, 15) is 4.79 Å². The molecule has 0 aromatic carbocycles. The molecular weight excluding hydrogens is 214 g/mol. The van der Waals surface area contributed by atoms with Crippen molar-refractivity contribution in [1.29, 1.82) is 0 Å². The van der Waals surface area contributed by atoms with Gasteiger partial charge in [-0.05, 0) is 45.4 Å². The number of hydrogen-bond acceptors (Lipinski definition) is 3. The molecule has 0 N–H and O–H groups in total. The van der Waals surface area contributed by atoms with Crippen LogP contribution in [-0.4, -0.2) is 20.5 Å². The molecule has 0 aliphatic carbocycles. The third kappa shape index (κ3) is 1.98. The lowest BCUT2D eigenvalue weighted by Crippen LogP contribution is -2.04. The van der Waals surface area contributed by atoms with Crippen LogP contribution in [0, 0.1) is 20.8 Å². The highest BCUT2D eigenvalue weighted by Gasteiger charge is 2.10. The summed E-state index contributed by atoms with van der Waals surface area (Å²) in [5.74, 6) is 0.721. The van der Waals surface area contributed by atoms with Crippen molar-refractivity contribution in [2.75, 3.05) is 0 Å². The molecule has 0 radical (unpaired) electrons. The zero-order chi connectivity index (χ0) is 12.6. The maximum Gasteiger partial charge on any atom is 0.159 e. The van der Waals surface area contributed by atoms with Crippen molar-refractivity contribution in [3.8, 4) is 5.82 Å². The van der Waals surface area contributed by atoms with Crippen LogP contribution < -0.4 is 0 Å². The number of aromatic nitrogens is 3. The van der Waals surface area contributed by atoms with Gasteiger partial charge < -0.3 is 0 Å². The van der Waals surface area contributed by atoms with E-state index in [2.05, 4.69) is 10.1 Å². The third-order valence-corrected chi connectivity index (χ3v) is 3.02. The summed E-state index contributed by atoms with van der Waals surface area (Å²) in [5, 5.41) is 4.42. The SMILES string of the molecule is CC(=O)c1ccnc(-n2nc(C)c(C)c2C)c1. The predicted molar refractivity (Wildman–Crippen MR) is 65.6 cm³/mol. The molecule has 2 rings (SSSR count). The zero-order valence-electron chi connectivity index (χ0n) is 10.5. The van der Waals surface area contributed by atoms with Crippen LogP contribution in [-0.2, 0) is 0 Å². The molecule has 0 saturated carbocycles. The third-order valence-electron chi connectivity index (χ3n) is 3.02.